The van der Waals surface area contributed by atoms with E-state index < -0.39 is 0 Å². The smallest absolute Gasteiger partial charge is 0.0322 e. The van der Waals surface area contributed by atoms with Crippen LogP contribution < -0.4 is 0 Å². The summed E-state index contributed by atoms with van der Waals surface area (Å²) >= 11 is 0. The van der Waals surface area contributed by atoms with Crippen molar-refractivity contribution < 1.29 is 0 Å². The minimum absolute atomic E-state index is 0.907. The van der Waals surface area contributed by atoms with Gasteiger partial charge in [-0.25, -0.2) is 0 Å². The standard InChI is InChI=1S/C16H30/c1-4-7-10-12-15-16(13-9-6-3)14-11-8-5-2/h5-6,8-9,16H,4,7,10-15H2,1-3H3. The number of hydrogen-bond acceptors (Lipinski definition) is 0. The van der Waals surface area contributed by atoms with Crippen LogP contribution in [0, 0.1) is 5.92 Å². The molecular weight excluding hydrogens is 192 g/mol. The van der Waals surface area contributed by atoms with Crippen molar-refractivity contribution >= 4 is 0 Å². The van der Waals surface area contributed by atoms with Gasteiger partial charge >= 0.3 is 0 Å². The highest BCUT2D eigenvalue weighted by molar-refractivity contribution is 4.83. The van der Waals surface area contributed by atoms with Crippen LogP contribution in [0.5, 0.6) is 0 Å². The van der Waals surface area contributed by atoms with E-state index in [0.29, 0.717) is 0 Å². The molecule has 0 bridgehead atoms. The molecule has 0 N–H and O–H groups in total. The molecule has 0 fully saturated rings. The quantitative estimate of drug-likeness (QED) is 0.319. The monoisotopic (exact) mass is 222 g/mol. The zero-order chi connectivity index (χ0) is 12.1. The van der Waals surface area contributed by atoms with E-state index in [4.69, 9.17) is 0 Å². The molecule has 94 valence electrons. The molecule has 16 heavy (non-hydrogen) atoms. The van der Waals surface area contributed by atoms with Crippen LogP contribution in [0.15, 0.2) is 24.3 Å². The summed E-state index contributed by atoms with van der Waals surface area (Å²) in [6.45, 7) is 6.52. The molecule has 0 heteroatoms. The minimum atomic E-state index is 0.907. The Morgan fingerprint density at radius 1 is 0.875 bits per heavy atom. The van der Waals surface area contributed by atoms with Crippen molar-refractivity contribution in [3.8, 4) is 0 Å². The molecule has 0 aliphatic heterocycles. The van der Waals surface area contributed by atoms with Crippen molar-refractivity contribution in [2.24, 2.45) is 5.92 Å². The van der Waals surface area contributed by atoms with E-state index in [9.17, 15) is 0 Å². The number of hydrogen-bond donors (Lipinski definition) is 0. The van der Waals surface area contributed by atoms with Crippen molar-refractivity contribution in [1.82, 2.24) is 0 Å². The fourth-order valence-electron chi connectivity index (χ4n) is 2.07. The fraction of sp³-hybridized carbons (Fsp3) is 0.750. The molecule has 0 aromatic carbocycles. The second-order valence-electron chi connectivity index (χ2n) is 4.67. The molecular formula is C16H30. The van der Waals surface area contributed by atoms with Crippen LogP contribution in [-0.4, -0.2) is 0 Å². The molecule has 1 unspecified atom stereocenters. The normalized spacial score (nSPS) is 13.9. The lowest BCUT2D eigenvalue weighted by Gasteiger charge is -2.13. The first-order valence-electron chi connectivity index (χ1n) is 7.07. The van der Waals surface area contributed by atoms with E-state index in [0.717, 1.165) is 5.92 Å². The van der Waals surface area contributed by atoms with Gasteiger partial charge in [0.1, 0.15) is 0 Å². The van der Waals surface area contributed by atoms with Gasteiger partial charge in [-0.3, -0.25) is 0 Å². The third-order valence-corrected chi connectivity index (χ3v) is 3.15. The third kappa shape index (κ3) is 10.0. The van der Waals surface area contributed by atoms with Gasteiger partial charge in [-0.1, -0.05) is 63.3 Å². The van der Waals surface area contributed by atoms with E-state index in [1.54, 1.807) is 0 Å². The summed E-state index contributed by atoms with van der Waals surface area (Å²) in [5.41, 5.74) is 0. The van der Waals surface area contributed by atoms with Gasteiger partial charge in [-0.05, 0) is 39.0 Å². The van der Waals surface area contributed by atoms with Gasteiger partial charge in [0.05, 0.1) is 0 Å². The van der Waals surface area contributed by atoms with Gasteiger partial charge in [0.15, 0.2) is 0 Å². The number of allylic oxidation sites excluding steroid dienone is 4. The first-order chi connectivity index (χ1) is 7.85. The first-order valence-corrected chi connectivity index (χ1v) is 7.07. The molecule has 0 radical (unpaired) electrons. The zero-order valence-corrected chi connectivity index (χ0v) is 11.5. The van der Waals surface area contributed by atoms with Crippen molar-refractivity contribution in [1.29, 1.82) is 0 Å². The lowest BCUT2D eigenvalue weighted by atomic mass is 9.92. The maximum absolute atomic E-state index is 2.33. The highest BCUT2D eigenvalue weighted by Gasteiger charge is 2.05. The molecule has 0 heterocycles. The van der Waals surface area contributed by atoms with Gasteiger partial charge in [0.2, 0.25) is 0 Å². The van der Waals surface area contributed by atoms with Crippen LogP contribution in [0.1, 0.15) is 72.1 Å². The average Bonchev–Trinajstić information content (AvgIpc) is 2.31. The summed E-state index contributed by atoms with van der Waals surface area (Å²) < 4.78 is 0. The Bertz CT molecular complexity index is 176. The molecule has 0 nitrogen and oxygen atoms in total. The maximum atomic E-state index is 2.33. The van der Waals surface area contributed by atoms with E-state index in [1.165, 1.54) is 51.4 Å². The van der Waals surface area contributed by atoms with E-state index >= 15 is 0 Å². The van der Waals surface area contributed by atoms with E-state index in [-0.39, 0.29) is 0 Å². The average molecular weight is 222 g/mol. The summed E-state index contributed by atoms with van der Waals surface area (Å²) in [4.78, 5) is 0. The van der Waals surface area contributed by atoms with Crippen LogP contribution in [-0.2, 0) is 0 Å². The van der Waals surface area contributed by atoms with Gasteiger partial charge < -0.3 is 0 Å². The summed E-state index contributed by atoms with van der Waals surface area (Å²) in [6, 6.07) is 0. The van der Waals surface area contributed by atoms with Crippen molar-refractivity contribution in [3.05, 3.63) is 24.3 Å². The van der Waals surface area contributed by atoms with Crippen LogP contribution in [0.4, 0.5) is 0 Å². The van der Waals surface area contributed by atoms with E-state index in [1.807, 2.05) is 0 Å². The lowest BCUT2D eigenvalue weighted by molar-refractivity contribution is 0.432. The molecule has 0 aliphatic carbocycles. The van der Waals surface area contributed by atoms with Crippen molar-refractivity contribution in [2.75, 3.05) is 0 Å². The SMILES string of the molecule is CC=CCCC(CC=CC)CCCCCC. The Hall–Kier alpha value is -0.520. The molecule has 0 rings (SSSR count). The zero-order valence-electron chi connectivity index (χ0n) is 11.5. The second kappa shape index (κ2) is 12.5. The van der Waals surface area contributed by atoms with Crippen molar-refractivity contribution in [2.45, 2.75) is 72.1 Å². The largest absolute Gasteiger partial charge is 0.0917 e. The highest BCUT2D eigenvalue weighted by atomic mass is 14.1. The third-order valence-electron chi connectivity index (χ3n) is 3.15. The van der Waals surface area contributed by atoms with Crippen LogP contribution in [0.2, 0.25) is 0 Å². The van der Waals surface area contributed by atoms with Gasteiger partial charge in [-0.2, -0.15) is 0 Å². The molecule has 0 amide bonds. The molecule has 0 aromatic rings. The summed E-state index contributed by atoms with van der Waals surface area (Å²) in [5, 5.41) is 0. The van der Waals surface area contributed by atoms with Crippen LogP contribution >= 0.6 is 0 Å². The van der Waals surface area contributed by atoms with Crippen molar-refractivity contribution in [3.63, 3.8) is 0 Å². The topological polar surface area (TPSA) is 0 Å². The molecule has 0 spiro atoms. The summed E-state index contributed by atoms with van der Waals surface area (Å²) in [6.07, 6.45) is 19.9. The molecule has 0 saturated heterocycles. The Morgan fingerprint density at radius 3 is 2.25 bits per heavy atom. The number of unbranched alkanes of at least 4 members (excludes halogenated alkanes) is 3. The molecule has 0 aliphatic rings. The highest BCUT2D eigenvalue weighted by Crippen LogP contribution is 2.20. The predicted octanol–water partition coefficient (Wildman–Crippen LogP) is 5.90. The fourth-order valence-corrected chi connectivity index (χ4v) is 2.07. The van der Waals surface area contributed by atoms with Crippen LogP contribution in [0.25, 0.3) is 0 Å². The molecule has 0 aromatic heterocycles. The first kappa shape index (κ1) is 15.5. The second-order valence-corrected chi connectivity index (χ2v) is 4.67. The summed E-state index contributed by atoms with van der Waals surface area (Å²) in [5.74, 6) is 0.907. The Kier molecular flexibility index (Phi) is 12.1. The van der Waals surface area contributed by atoms with E-state index in [2.05, 4.69) is 45.1 Å². The Labute approximate surface area is 103 Å². The lowest BCUT2D eigenvalue weighted by Crippen LogP contribution is -1.99. The summed E-state index contributed by atoms with van der Waals surface area (Å²) in [7, 11) is 0. The van der Waals surface area contributed by atoms with Gasteiger partial charge in [-0.15, -0.1) is 0 Å². The number of rotatable bonds is 10. The van der Waals surface area contributed by atoms with Crippen LogP contribution in [0.3, 0.4) is 0 Å². The maximum Gasteiger partial charge on any atom is -0.0322 e. The predicted molar refractivity (Wildman–Crippen MR) is 75.7 cm³/mol. The van der Waals surface area contributed by atoms with Gasteiger partial charge in [0.25, 0.3) is 0 Å². The molecule has 0 saturated carbocycles. The molecule has 1 atom stereocenters. The Morgan fingerprint density at radius 2 is 1.62 bits per heavy atom. The Balaban J connectivity index is 3.71. The van der Waals surface area contributed by atoms with Gasteiger partial charge in [0, 0.05) is 0 Å². The minimum Gasteiger partial charge on any atom is -0.0917 e.